The zero-order valence-electron chi connectivity index (χ0n) is 10.9. The second-order valence-corrected chi connectivity index (χ2v) is 4.59. The molecule has 0 spiro atoms. The molecular weight excluding hydrogens is 264 g/mol. The molecule has 3 rings (SSSR count). The molecule has 1 aromatic rings. The number of hydrogen-bond acceptors (Lipinski definition) is 5. The van der Waals surface area contributed by atoms with Crippen molar-refractivity contribution in [2.24, 2.45) is 0 Å². The van der Waals surface area contributed by atoms with E-state index in [-0.39, 0.29) is 18.8 Å². The van der Waals surface area contributed by atoms with Gasteiger partial charge in [0.2, 0.25) is 12.7 Å². The van der Waals surface area contributed by atoms with Crippen LogP contribution in [0.25, 0.3) is 0 Å². The van der Waals surface area contributed by atoms with Crippen molar-refractivity contribution in [1.82, 2.24) is 5.32 Å². The van der Waals surface area contributed by atoms with Gasteiger partial charge in [-0.3, -0.25) is 9.69 Å². The normalized spacial score (nSPS) is 19.9. The lowest BCUT2D eigenvalue weighted by Crippen LogP contribution is -2.33. The number of nitrogens with zero attached hydrogens (tertiary/aromatic N) is 1. The van der Waals surface area contributed by atoms with Crippen LogP contribution in [0.4, 0.5) is 10.5 Å². The lowest BCUT2D eigenvalue weighted by Gasteiger charge is -2.13. The number of carbonyl (C=O) groups excluding carboxylic acids is 2. The minimum Gasteiger partial charge on any atom is -0.454 e. The molecule has 1 saturated heterocycles. The van der Waals surface area contributed by atoms with Crippen molar-refractivity contribution >= 4 is 17.7 Å². The zero-order valence-corrected chi connectivity index (χ0v) is 10.9. The van der Waals surface area contributed by atoms with Gasteiger partial charge in [0.1, 0.15) is 6.10 Å². The average molecular weight is 278 g/mol. The first-order valence-corrected chi connectivity index (χ1v) is 6.26. The molecule has 106 valence electrons. The van der Waals surface area contributed by atoms with Crippen molar-refractivity contribution in [3.8, 4) is 11.5 Å². The van der Waals surface area contributed by atoms with Crippen LogP contribution < -0.4 is 19.7 Å². The molecule has 2 aliphatic rings. The molecule has 1 fully saturated rings. The van der Waals surface area contributed by atoms with Gasteiger partial charge in [-0.1, -0.05) is 0 Å². The van der Waals surface area contributed by atoms with E-state index in [1.807, 2.05) is 0 Å². The summed E-state index contributed by atoms with van der Waals surface area (Å²) >= 11 is 0. The van der Waals surface area contributed by atoms with Crippen molar-refractivity contribution in [2.75, 3.05) is 24.8 Å². The number of carbonyl (C=O) groups is 2. The zero-order chi connectivity index (χ0) is 14.1. The van der Waals surface area contributed by atoms with E-state index in [2.05, 4.69) is 5.32 Å². The first-order chi connectivity index (χ1) is 9.63. The SMILES string of the molecule is CC(=O)NCC1CN(c2ccc3c(c2)OCO3)C(=O)O1. The molecule has 2 aliphatic heterocycles. The van der Waals surface area contributed by atoms with Gasteiger partial charge >= 0.3 is 6.09 Å². The third-order valence-electron chi connectivity index (χ3n) is 3.12. The van der Waals surface area contributed by atoms with Crippen LogP contribution >= 0.6 is 0 Å². The maximum atomic E-state index is 11.8. The van der Waals surface area contributed by atoms with E-state index in [0.29, 0.717) is 30.3 Å². The summed E-state index contributed by atoms with van der Waals surface area (Å²) in [5.74, 6) is 1.12. The second kappa shape index (κ2) is 4.92. The minimum atomic E-state index is -0.431. The van der Waals surface area contributed by atoms with Gasteiger partial charge in [-0.05, 0) is 12.1 Å². The van der Waals surface area contributed by atoms with Gasteiger partial charge in [0.25, 0.3) is 0 Å². The Bertz CT molecular complexity index is 560. The van der Waals surface area contributed by atoms with Crippen LogP contribution in [0.2, 0.25) is 0 Å². The van der Waals surface area contributed by atoms with Crippen molar-refractivity contribution < 1.29 is 23.8 Å². The Morgan fingerprint density at radius 2 is 2.20 bits per heavy atom. The molecule has 2 amide bonds. The van der Waals surface area contributed by atoms with Gasteiger partial charge in [0, 0.05) is 13.0 Å². The van der Waals surface area contributed by atoms with E-state index >= 15 is 0 Å². The van der Waals surface area contributed by atoms with Gasteiger partial charge in [-0.25, -0.2) is 4.79 Å². The Morgan fingerprint density at radius 3 is 3.00 bits per heavy atom. The molecule has 1 atom stereocenters. The molecular formula is C13H14N2O5. The maximum absolute atomic E-state index is 11.8. The maximum Gasteiger partial charge on any atom is 0.414 e. The molecule has 7 nitrogen and oxygen atoms in total. The van der Waals surface area contributed by atoms with Gasteiger partial charge in [-0.15, -0.1) is 0 Å². The van der Waals surface area contributed by atoms with E-state index in [4.69, 9.17) is 14.2 Å². The van der Waals surface area contributed by atoms with Gasteiger partial charge in [0.15, 0.2) is 11.5 Å². The largest absolute Gasteiger partial charge is 0.454 e. The number of anilines is 1. The summed E-state index contributed by atoms with van der Waals surface area (Å²) in [6.45, 7) is 2.31. The highest BCUT2D eigenvalue weighted by molar-refractivity contribution is 5.90. The number of cyclic esters (lactones) is 1. The number of hydrogen-bond donors (Lipinski definition) is 1. The molecule has 7 heteroatoms. The number of amides is 2. The third-order valence-corrected chi connectivity index (χ3v) is 3.12. The molecule has 1 unspecified atom stereocenters. The fourth-order valence-corrected chi connectivity index (χ4v) is 2.15. The smallest absolute Gasteiger partial charge is 0.414 e. The fourth-order valence-electron chi connectivity index (χ4n) is 2.15. The Morgan fingerprint density at radius 1 is 1.40 bits per heavy atom. The number of nitrogens with one attached hydrogen (secondary N) is 1. The molecule has 20 heavy (non-hydrogen) atoms. The molecule has 0 aliphatic carbocycles. The quantitative estimate of drug-likeness (QED) is 0.888. The lowest BCUT2D eigenvalue weighted by atomic mass is 10.2. The van der Waals surface area contributed by atoms with Crippen LogP contribution in [0, 0.1) is 0 Å². The first-order valence-electron chi connectivity index (χ1n) is 6.26. The molecule has 0 saturated carbocycles. The van der Waals surface area contributed by atoms with E-state index in [9.17, 15) is 9.59 Å². The fraction of sp³-hybridized carbons (Fsp3) is 0.385. The van der Waals surface area contributed by atoms with Crippen molar-refractivity contribution in [3.63, 3.8) is 0 Å². The average Bonchev–Trinajstić information content (AvgIpc) is 3.01. The predicted octanol–water partition coefficient (Wildman–Crippen LogP) is 0.877. The highest BCUT2D eigenvalue weighted by Crippen LogP contribution is 2.36. The summed E-state index contributed by atoms with van der Waals surface area (Å²) in [4.78, 5) is 24.2. The van der Waals surface area contributed by atoms with Crippen molar-refractivity contribution in [3.05, 3.63) is 18.2 Å². The number of fused-ring (bicyclic) bond motifs is 1. The predicted molar refractivity (Wildman–Crippen MR) is 68.9 cm³/mol. The Labute approximate surface area is 115 Å². The van der Waals surface area contributed by atoms with Crippen LogP contribution in [-0.4, -0.2) is 38.0 Å². The minimum absolute atomic E-state index is 0.150. The van der Waals surface area contributed by atoms with E-state index < -0.39 is 6.09 Å². The summed E-state index contributed by atoms with van der Waals surface area (Å²) < 4.78 is 15.7. The lowest BCUT2D eigenvalue weighted by molar-refractivity contribution is -0.119. The molecule has 0 radical (unpaired) electrons. The van der Waals surface area contributed by atoms with E-state index in [0.717, 1.165) is 0 Å². The summed E-state index contributed by atoms with van der Waals surface area (Å²) in [5, 5.41) is 2.63. The van der Waals surface area contributed by atoms with E-state index in [1.54, 1.807) is 18.2 Å². The Hall–Kier alpha value is -2.44. The van der Waals surface area contributed by atoms with Crippen LogP contribution in [-0.2, 0) is 9.53 Å². The highest BCUT2D eigenvalue weighted by Gasteiger charge is 2.33. The molecule has 1 N–H and O–H groups in total. The van der Waals surface area contributed by atoms with Crippen LogP contribution in [0.15, 0.2) is 18.2 Å². The molecule has 0 bridgehead atoms. The first kappa shape index (κ1) is 12.6. The van der Waals surface area contributed by atoms with E-state index in [1.165, 1.54) is 11.8 Å². The number of benzene rings is 1. The van der Waals surface area contributed by atoms with Crippen molar-refractivity contribution in [2.45, 2.75) is 13.0 Å². The molecule has 2 heterocycles. The van der Waals surface area contributed by atoms with Crippen molar-refractivity contribution in [1.29, 1.82) is 0 Å². The van der Waals surface area contributed by atoms with Crippen LogP contribution in [0.1, 0.15) is 6.92 Å². The second-order valence-electron chi connectivity index (χ2n) is 4.59. The van der Waals surface area contributed by atoms with Gasteiger partial charge < -0.3 is 19.5 Å². The summed E-state index contributed by atoms with van der Waals surface area (Å²) in [6, 6.07) is 5.27. The molecule has 1 aromatic carbocycles. The molecule has 0 aromatic heterocycles. The Kier molecular flexibility index (Phi) is 3.09. The standard InChI is InChI=1S/C13H14N2O5/c1-8(16)14-5-10-6-15(13(17)20-10)9-2-3-11-12(4-9)19-7-18-11/h2-4,10H,5-7H2,1H3,(H,14,16). The summed E-state index contributed by atoms with van der Waals surface area (Å²) in [5.41, 5.74) is 0.685. The van der Waals surface area contributed by atoms with Gasteiger partial charge in [0.05, 0.1) is 18.8 Å². The highest BCUT2D eigenvalue weighted by atomic mass is 16.7. The monoisotopic (exact) mass is 278 g/mol. The van der Waals surface area contributed by atoms with Gasteiger partial charge in [-0.2, -0.15) is 0 Å². The summed E-state index contributed by atoms with van der Waals surface area (Å²) in [7, 11) is 0. The number of ether oxygens (including phenoxy) is 3. The topological polar surface area (TPSA) is 77.1 Å². The number of rotatable bonds is 3. The van der Waals surface area contributed by atoms with Crippen LogP contribution in [0.3, 0.4) is 0 Å². The third kappa shape index (κ3) is 2.34. The van der Waals surface area contributed by atoms with Crippen LogP contribution in [0.5, 0.6) is 11.5 Å². The Balaban J connectivity index is 1.71. The summed E-state index contributed by atoms with van der Waals surface area (Å²) in [6.07, 6.45) is -0.781.